The van der Waals surface area contributed by atoms with Crippen molar-refractivity contribution in [1.82, 2.24) is 9.97 Å². The minimum atomic E-state index is -0.433. The van der Waals surface area contributed by atoms with Gasteiger partial charge >= 0.3 is 5.97 Å². The summed E-state index contributed by atoms with van der Waals surface area (Å²) in [6.45, 7) is 4.25. The van der Waals surface area contributed by atoms with E-state index in [0.29, 0.717) is 35.2 Å². The summed E-state index contributed by atoms with van der Waals surface area (Å²) in [5, 5.41) is 5.59. The number of hydrogen-bond donors (Lipinski definition) is 1. The van der Waals surface area contributed by atoms with Crippen molar-refractivity contribution in [2.75, 3.05) is 23.9 Å². The van der Waals surface area contributed by atoms with E-state index in [0.717, 1.165) is 5.69 Å². The quantitative estimate of drug-likeness (QED) is 0.854. The number of methoxy groups -OCH3 is 1. The number of carbonyl (C=O) groups excluding carboxylic acids is 2. The molecular weight excluding hydrogens is 328 g/mol. The predicted molar refractivity (Wildman–Crippen MR) is 91.5 cm³/mol. The van der Waals surface area contributed by atoms with Crippen molar-refractivity contribution in [3.8, 4) is 0 Å². The van der Waals surface area contributed by atoms with E-state index < -0.39 is 5.97 Å². The van der Waals surface area contributed by atoms with Crippen LogP contribution in [0.4, 0.5) is 10.8 Å². The van der Waals surface area contributed by atoms with E-state index in [2.05, 4.69) is 15.3 Å². The number of nitrogens with zero attached hydrogens (tertiary/aromatic N) is 3. The van der Waals surface area contributed by atoms with Crippen LogP contribution in [0.15, 0.2) is 17.5 Å². The number of rotatable bonds is 4. The first kappa shape index (κ1) is 16.4. The van der Waals surface area contributed by atoms with E-state index in [9.17, 15) is 9.59 Å². The number of aryl methyl sites for hydroxylation is 2. The van der Waals surface area contributed by atoms with Crippen LogP contribution in [-0.4, -0.2) is 41.5 Å². The van der Waals surface area contributed by atoms with Crippen LogP contribution >= 0.6 is 11.3 Å². The Morgan fingerprint density at radius 2 is 2.21 bits per heavy atom. The molecular formula is C16H18N4O3S. The first-order valence-electron chi connectivity index (χ1n) is 7.55. The third kappa shape index (κ3) is 3.09. The smallest absolute Gasteiger partial charge is 0.340 e. The van der Waals surface area contributed by atoms with Crippen molar-refractivity contribution in [2.24, 2.45) is 0 Å². The summed E-state index contributed by atoms with van der Waals surface area (Å²) >= 11 is 1.36. The van der Waals surface area contributed by atoms with Crippen LogP contribution in [0.25, 0.3) is 0 Å². The zero-order chi connectivity index (χ0) is 17.3. The normalized spacial score (nSPS) is 17.2. The van der Waals surface area contributed by atoms with Crippen molar-refractivity contribution in [3.63, 3.8) is 0 Å². The highest BCUT2D eigenvalue weighted by atomic mass is 32.1. The second-order valence-corrected chi connectivity index (χ2v) is 6.44. The molecule has 1 amide bonds. The third-order valence-electron chi connectivity index (χ3n) is 3.79. The van der Waals surface area contributed by atoms with Crippen LogP contribution in [0.2, 0.25) is 0 Å². The van der Waals surface area contributed by atoms with Crippen molar-refractivity contribution in [3.05, 3.63) is 34.6 Å². The molecule has 1 atom stereocenters. The van der Waals surface area contributed by atoms with Gasteiger partial charge in [-0.2, -0.15) is 0 Å². The van der Waals surface area contributed by atoms with E-state index in [-0.39, 0.29) is 11.9 Å². The van der Waals surface area contributed by atoms with E-state index in [1.54, 1.807) is 16.3 Å². The van der Waals surface area contributed by atoms with Crippen molar-refractivity contribution in [2.45, 2.75) is 26.3 Å². The molecule has 8 heteroatoms. The first-order valence-corrected chi connectivity index (χ1v) is 8.43. The molecule has 1 fully saturated rings. The second kappa shape index (κ2) is 6.56. The van der Waals surface area contributed by atoms with Gasteiger partial charge in [0.1, 0.15) is 22.7 Å². The van der Waals surface area contributed by atoms with Gasteiger partial charge in [-0.15, -0.1) is 11.3 Å². The lowest BCUT2D eigenvalue weighted by molar-refractivity contribution is -0.117. The number of amides is 1. The average molecular weight is 346 g/mol. The highest BCUT2D eigenvalue weighted by Gasteiger charge is 2.35. The fourth-order valence-corrected chi connectivity index (χ4v) is 3.68. The van der Waals surface area contributed by atoms with E-state index >= 15 is 0 Å². The molecule has 3 rings (SSSR count). The van der Waals surface area contributed by atoms with E-state index in [1.807, 2.05) is 19.9 Å². The standard InChI is InChI=1S/C16H18N4O3S/c1-9-8-13(18-10(2)17-9)19-12-4-6-20(14(12)21)15-11(5-7-24-15)16(22)23-3/h5,7-8,12H,4,6H2,1-3H3,(H,17,18,19). The number of nitrogens with one attached hydrogen (secondary N) is 1. The molecule has 1 aliphatic rings. The summed E-state index contributed by atoms with van der Waals surface area (Å²) in [6, 6.07) is 3.12. The molecule has 2 aromatic rings. The molecule has 7 nitrogen and oxygen atoms in total. The molecule has 0 radical (unpaired) electrons. The van der Waals surface area contributed by atoms with Crippen LogP contribution in [-0.2, 0) is 9.53 Å². The van der Waals surface area contributed by atoms with E-state index in [1.165, 1.54) is 18.4 Å². The Kier molecular flexibility index (Phi) is 4.48. The number of thiophene rings is 1. The first-order chi connectivity index (χ1) is 11.5. The number of carbonyl (C=O) groups is 2. The minimum Gasteiger partial charge on any atom is -0.465 e. The maximum atomic E-state index is 12.7. The molecule has 3 heterocycles. The molecule has 126 valence electrons. The van der Waals surface area contributed by atoms with Gasteiger partial charge in [0.2, 0.25) is 5.91 Å². The lowest BCUT2D eigenvalue weighted by Crippen LogP contribution is -2.34. The van der Waals surface area contributed by atoms with Gasteiger partial charge in [0.15, 0.2) is 0 Å². The molecule has 0 bridgehead atoms. The van der Waals surface area contributed by atoms with Gasteiger partial charge in [0, 0.05) is 18.3 Å². The molecule has 1 unspecified atom stereocenters. The molecule has 0 spiro atoms. The summed E-state index contributed by atoms with van der Waals surface area (Å²) in [5.74, 6) is 0.791. The van der Waals surface area contributed by atoms with Gasteiger partial charge in [-0.05, 0) is 31.7 Å². The van der Waals surface area contributed by atoms with Crippen molar-refractivity contribution < 1.29 is 14.3 Å². The molecule has 24 heavy (non-hydrogen) atoms. The van der Waals surface area contributed by atoms with Crippen molar-refractivity contribution in [1.29, 1.82) is 0 Å². The predicted octanol–water partition coefficient (Wildman–Crippen LogP) is 2.16. The highest BCUT2D eigenvalue weighted by molar-refractivity contribution is 7.14. The number of hydrogen-bond acceptors (Lipinski definition) is 7. The summed E-state index contributed by atoms with van der Waals surface area (Å²) in [6.07, 6.45) is 0.638. The van der Waals surface area contributed by atoms with Crippen LogP contribution in [0, 0.1) is 13.8 Å². The van der Waals surface area contributed by atoms with Crippen LogP contribution < -0.4 is 10.2 Å². The van der Waals surface area contributed by atoms with Crippen LogP contribution in [0.1, 0.15) is 28.3 Å². The third-order valence-corrected chi connectivity index (χ3v) is 4.72. The van der Waals surface area contributed by atoms with E-state index in [4.69, 9.17) is 4.74 Å². The Morgan fingerprint density at radius 1 is 1.42 bits per heavy atom. The fourth-order valence-electron chi connectivity index (χ4n) is 2.76. The van der Waals surface area contributed by atoms with Gasteiger partial charge in [0.05, 0.1) is 12.7 Å². The Labute approximate surface area is 143 Å². The van der Waals surface area contributed by atoms with Gasteiger partial charge in [0.25, 0.3) is 0 Å². The Bertz CT molecular complexity index is 769. The summed E-state index contributed by atoms with van der Waals surface area (Å²) < 4.78 is 4.78. The number of ether oxygens (including phenoxy) is 1. The zero-order valence-electron chi connectivity index (χ0n) is 13.7. The number of aromatic nitrogens is 2. The molecule has 1 aliphatic heterocycles. The summed E-state index contributed by atoms with van der Waals surface area (Å²) in [5.41, 5.74) is 1.27. The van der Waals surface area contributed by atoms with Crippen LogP contribution in [0.5, 0.6) is 0 Å². The summed E-state index contributed by atoms with van der Waals surface area (Å²) in [4.78, 5) is 34.7. The molecule has 0 saturated carbocycles. The molecule has 1 N–H and O–H groups in total. The Hall–Kier alpha value is -2.48. The minimum absolute atomic E-state index is 0.0727. The molecule has 2 aromatic heterocycles. The topological polar surface area (TPSA) is 84.4 Å². The lowest BCUT2D eigenvalue weighted by atomic mass is 10.2. The SMILES string of the molecule is COC(=O)c1ccsc1N1CCC(Nc2cc(C)nc(C)n2)C1=O. The van der Waals surface area contributed by atoms with Crippen LogP contribution in [0.3, 0.4) is 0 Å². The van der Waals surface area contributed by atoms with Crippen molar-refractivity contribution >= 4 is 34.0 Å². The molecule has 0 aliphatic carbocycles. The zero-order valence-corrected chi connectivity index (χ0v) is 14.5. The lowest BCUT2D eigenvalue weighted by Gasteiger charge is -2.17. The molecule has 0 aromatic carbocycles. The highest BCUT2D eigenvalue weighted by Crippen LogP contribution is 2.32. The van der Waals surface area contributed by atoms with Gasteiger partial charge in [-0.25, -0.2) is 14.8 Å². The Morgan fingerprint density at radius 3 is 2.92 bits per heavy atom. The fraction of sp³-hybridized carbons (Fsp3) is 0.375. The average Bonchev–Trinajstić information content (AvgIpc) is 3.13. The summed E-state index contributed by atoms with van der Waals surface area (Å²) in [7, 11) is 1.33. The number of esters is 1. The van der Waals surface area contributed by atoms with Gasteiger partial charge in [-0.1, -0.05) is 0 Å². The van der Waals surface area contributed by atoms with Gasteiger partial charge in [-0.3, -0.25) is 4.79 Å². The monoisotopic (exact) mass is 346 g/mol. The number of anilines is 2. The largest absolute Gasteiger partial charge is 0.465 e. The maximum absolute atomic E-state index is 12.7. The molecule has 1 saturated heterocycles. The maximum Gasteiger partial charge on any atom is 0.340 e. The second-order valence-electron chi connectivity index (χ2n) is 5.55. The van der Waals surface area contributed by atoms with Gasteiger partial charge < -0.3 is 15.0 Å². The Balaban J connectivity index is 1.78.